The third kappa shape index (κ3) is 3.50. The van der Waals surface area contributed by atoms with Gasteiger partial charge in [-0.3, -0.25) is 4.79 Å². The largest absolute Gasteiger partial charge is 0.494 e. The SMILES string of the molecule is COc1c(Br)cc(CCC(N)=O)cc1Br. The lowest BCUT2D eigenvalue weighted by atomic mass is 10.1. The molecule has 1 rings (SSSR count). The highest BCUT2D eigenvalue weighted by atomic mass is 79.9. The number of carbonyl (C=O) groups is 1. The van der Waals surface area contributed by atoms with Crippen molar-refractivity contribution in [3.63, 3.8) is 0 Å². The molecule has 0 heterocycles. The molecule has 0 radical (unpaired) electrons. The van der Waals surface area contributed by atoms with Gasteiger partial charge in [0.1, 0.15) is 5.75 Å². The molecular formula is C10H11Br2NO2. The van der Waals surface area contributed by atoms with Crippen molar-refractivity contribution in [2.24, 2.45) is 5.73 Å². The number of carbonyl (C=O) groups excluding carboxylic acids is 1. The molecule has 5 heteroatoms. The zero-order chi connectivity index (χ0) is 11.4. The Bertz CT molecular complexity index is 357. The van der Waals surface area contributed by atoms with Crippen molar-refractivity contribution >= 4 is 37.8 Å². The lowest BCUT2D eigenvalue weighted by molar-refractivity contribution is -0.117. The zero-order valence-corrected chi connectivity index (χ0v) is 11.4. The Kier molecular flexibility index (Phi) is 4.60. The van der Waals surface area contributed by atoms with Crippen LogP contribution >= 0.6 is 31.9 Å². The van der Waals surface area contributed by atoms with Crippen molar-refractivity contribution < 1.29 is 9.53 Å². The molecule has 3 nitrogen and oxygen atoms in total. The molecule has 0 fully saturated rings. The number of hydrogen-bond donors (Lipinski definition) is 1. The van der Waals surface area contributed by atoms with Crippen LogP contribution in [0.5, 0.6) is 5.75 Å². The molecule has 15 heavy (non-hydrogen) atoms. The average Bonchev–Trinajstić information content (AvgIpc) is 2.14. The van der Waals surface area contributed by atoms with Crippen LogP contribution < -0.4 is 10.5 Å². The fourth-order valence-electron chi connectivity index (χ4n) is 1.22. The average molecular weight is 337 g/mol. The number of primary amides is 1. The summed E-state index contributed by atoms with van der Waals surface area (Å²) in [6, 6.07) is 3.85. The van der Waals surface area contributed by atoms with E-state index in [-0.39, 0.29) is 5.91 Å². The first-order chi connectivity index (χ1) is 7.04. The Labute approximate surface area is 105 Å². The van der Waals surface area contributed by atoms with Gasteiger partial charge in [0.25, 0.3) is 0 Å². The van der Waals surface area contributed by atoms with E-state index >= 15 is 0 Å². The standard InChI is InChI=1S/C10H11Br2NO2/c1-15-10-7(11)4-6(5-8(10)12)2-3-9(13)14/h4-5H,2-3H2,1H3,(H2,13,14). The zero-order valence-electron chi connectivity index (χ0n) is 8.22. The maximum Gasteiger partial charge on any atom is 0.217 e. The number of halogens is 2. The number of methoxy groups -OCH3 is 1. The number of nitrogens with two attached hydrogens (primary N) is 1. The van der Waals surface area contributed by atoms with E-state index in [4.69, 9.17) is 10.5 Å². The molecule has 0 atom stereocenters. The molecule has 0 saturated heterocycles. The first kappa shape index (κ1) is 12.5. The van der Waals surface area contributed by atoms with Crippen LogP contribution in [0, 0.1) is 0 Å². The summed E-state index contributed by atoms with van der Waals surface area (Å²) in [5, 5.41) is 0. The molecule has 0 aliphatic heterocycles. The van der Waals surface area contributed by atoms with Crippen molar-refractivity contribution in [2.75, 3.05) is 7.11 Å². The molecular weight excluding hydrogens is 326 g/mol. The number of amides is 1. The van der Waals surface area contributed by atoms with Gasteiger partial charge in [-0.2, -0.15) is 0 Å². The third-order valence-electron chi connectivity index (χ3n) is 1.92. The molecule has 82 valence electrons. The Morgan fingerprint density at radius 3 is 2.33 bits per heavy atom. The molecule has 1 amide bonds. The van der Waals surface area contributed by atoms with Crippen LogP contribution in [0.4, 0.5) is 0 Å². The predicted octanol–water partition coefficient (Wildman–Crippen LogP) is 2.64. The highest BCUT2D eigenvalue weighted by Crippen LogP contribution is 2.34. The maximum atomic E-state index is 10.6. The summed E-state index contributed by atoms with van der Waals surface area (Å²) in [5.41, 5.74) is 6.12. The Balaban J connectivity index is 2.88. The van der Waals surface area contributed by atoms with E-state index in [9.17, 15) is 4.79 Å². The highest BCUT2D eigenvalue weighted by Gasteiger charge is 2.08. The first-order valence-electron chi connectivity index (χ1n) is 4.34. The third-order valence-corrected chi connectivity index (χ3v) is 3.10. The van der Waals surface area contributed by atoms with Gasteiger partial charge in [0.15, 0.2) is 0 Å². The van der Waals surface area contributed by atoms with Gasteiger partial charge in [0, 0.05) is 6.42 Å². The second-order valence-electron chi connectivity index (χ2n) is 3.06. The molecule has 0 aromatic heterocycles. The number of benzene rings is 1. The minimum absolute atomic E-state index is 0.293. The summed E-state index contributed by atoms with van der Waals surface area (Å²) in [5.74, 6) is 0.455. The van der Waals surface area contributed by atoms with Gasteiger partial charge in [-0.25, -0.2) is 0 Å². The predicted molar refractivity (Wildman–Crippen MR) is 65.9 cm³/mol. The van der Waals surface area contributed by atoms with Gasteiger partial charge in [0.05, 0.1) is 16.1 Å². The van der Waals surface area contributed by atoms with E-state index in [1.54, 1.807) is 7.11 Å². The molecule has 0 unspecified atom stereocenters. The summed E-state index contributed by atoms with van der Waals surface area (Å²) in [6.07, 6.45) is 0.988. The Morgan fingerprint density at radius 1 is 1.40 bits per heavy atom. The minimum Gasteiger partial charge on any atom is -0.494 e. The van der Waals surface area contributed by atoms with Crippen molar-refractivity contribution in [3.05, 3.63) is 26.6 Å². The van der Waals surface area contributed by atoms with Crippen LogP contribution in [-0.4, -0.2) is 13.0 Å². The van der Waals surface area contributed by atoms with Crippen LogP contribution in [0.25, 0.3) is 0 Å². The van der Waals surface area contributed by atoms with E-state index in [1.807, 2.05) is 12.1 Å². The van der Waals surface area contributed by atoms with E-state index in [0.29, 0.717) is 12.8 Å². The van der Waals surface area contributed by atoms with Gasteiger partial charge >= 0.3 is 0 Å². The quantitative estimate of drug-likeness (QED) is 0.918. The first-order valence-corrected chi connectivity index (χ1v) is 5.93. The fourth-order valence-corrected chi connectivity index (χ4v) is 2.82. The van der Waals surface area contributed by atoms with Crippen LogP contribution in [0.2, 0.25) is 0 Å². The normalized spacial score (nSPS) is 10.1. The molecule has 2 N–H and O–H groups in total. The van der Waals surface area contributed by atoms with Gasteiger partial charge in [-0.15, -0.1) is 0 Å². The summed E-state index contributed by atoms with van der Waals surface area (Å²) in [4.78, 5) is 10.6. The van der Waals surface area contributed by atoms with Crippen molar-refractivity contribution in [2.45, 2.75) is 12.8 Å². The van der Waals surface area contributed by atoms with Crippen LogP contribution in [0.15, 0.2) is 21.1 Å². The van der Waals surface area contributed by atoms with Crippen LogP contribution in [0.3, 0.4) is 0 Å². The van der Waals surface area contributed by atoms with E-state index < -0.39 is 0 Å². The summed E-state index contributed by atoms with van der Waals surface area (Å²) in [7, 11) is 1.61. The van der Waals surface area contributed by atoms with Gasteiger partial charge in [-0.05, 0) is 56.0 Å². The lowest BCUT2D eigenvalue weighted by Crippen LogP contribution is -2.11. The Hall–Kier alpha value is -0.550. The minimum atomic E-state index is -0.293. The number of rotatable bonds is 4. The molecule has 1 aromatic carbocycles. The van der Waals surface area contributed by atoms with Gasteiger partial charge < -0.3 is 10.5 Å². The Morgan fingerprint density at radius 2 is 1.93 bits per heavy atom. The second-order valence-corrected chi connectivity index (χ2v) is 4.77. The lowest BCUT2D eigenvalue weighted by Gasteiger charge is -2.08. The van der Waals surface area contributed by atoms with E-state index in [0.717, 1.165) is 20.3 Å². The van der Waals surface area contributed by atoms with Gasteiger partial charge in [0.2, 0.25) is 5.91 Å². The molecule has 0 saturated carbocycles. The van der Waals surface area contributed by atoms with Crippen molar-refractivity contribution in [3.8, 4) is 5.75 Å². The summed E-state index contributed by atoms with van der Waals surface area (Å²) < 4.78 is 6.89. The molecule has 0 bridgehead atoms. The van der Waals surface area contributed by atoms with E-state index in [2.05, 4.69) is 31.9 Å². The molecule has 0 aliphatic rings. The molecule has 1 aromatic rings. The number of aryl methyl sites for hydroxylation is 1. The van der Waals surface area contributed by atoms with Crippen molar-refractivity contribution in [1.29, 1.82) is 0 Å². The smallest absolute Gasteiger partial charge is 0.217 e. The molecule has 0 aliphatic carbocycles. The number of hydrogen-bond acceptors (Lipinski definition) is 2. The fraction of sp³-hybridized carbons (Fsp3) is 0.300. The topological polar surface area (TPSA) is 52.3 Å². The van der Waals surface area contributed by atoms with Crippen LogP contribution in [0.1, 0.15) is 12.0 Å². The molecule has 0 spiro atoms. The van der Waals surface area contributed by atoms with Gasteiger partial charge in [-0.1, -0.05) is 0 Å². The van der Waals surface area contributed by atoms with Crippen molar-refractivity contribution in [1.82, 2.24) is 0 Å². The maximum absolute atomic E-state index is 10.6. The summed E-state index contributed by atoms with van der Waals surface area (Å²) in [6.45, 7) is 0. The summed E-state index contributed by atoms with van der Waals surface area (Å²) >= 11 is 6.79. The number of ether oxygens (including phenoxy) is 1. The monoisotopic (exact) mass is 335 g/mol. The van der Waals surface area contributed by atoms with E-state index in [1.165, 1.54) is 0 Å². The second kappa shape index (κ2) is 5.51. The highest BCUT2D eigenvalue weighted by molar-refractivity contribution is 9.11. The van der Waals surface area contributed by atoms with Crippen LogP contribution in [-0.2, 0) is 11.2 Å².